The Morgan fingerprint density at radius 1 is 1.60 bits per heavy atom. The molecule has 0 saturated carbocycles. The highest BCUT2D eigenvalue weighted by Crippen LogP contribution is 1.89. The normalized spacial score (nSPS) is 11.4. The molecule has 0 aromatic rings. The van der Waals surface area contributed by atoms with E-state index < -0.39 is 0 Å². The molecule has 56 valence electrons. The molecule has 1 atom stereocenters. The maximum atomic E-state index is 5.45. The fourth-order valence-corrected chi connectivity index (χ4v) is 0.504. The quantitative estimate of drug-likeness (QED) is 0.358. The monoisotopic (exact) mass is 137 g/mol. The number of unbranched alkanes of at least 4 members (excludes halogenated alkanes) is 1. The van der Waals surface area contributed by atoms with Crippen molar-refractivity contribution in [2.75, 3.05) is 0 Å². The molecule has 0 radical (unpaired) electrons. The summed E-state index contributed by atoms with van der Waals surface area (Å²) in [7, 11) is 0. The highest BCUT2D eigenvalue weighted by Gasteiger charge is 1.78. The summed E-state index contributed by atoms with van der Waals surface area (Å²) < 4.78 is 0. The molecule has 0 aromatic carbocycles. The van der Waals surface area contributed by atoms with E-state index in [0.29, 0.717) is 0 Å². The first-order valence-corrected chi connectivity index (χ1v) is 3.55. The van der Waals surface area contributed by atoms with Crippen molar-refractivity contribution in [3.63, 3.8) is 0 Å². The summed E-state index contributed by atoms with van der Waals surface area (Å²) in [5.41, 5.74) is 8.45. The minimum Gasteiger partial charge on any atom is -0.324 e. The summed E-state index contributed by atoms with van der Waals surface area (Å²) in [5.74, 6) is 0. The van der Waals surface area contributed by atoms with Crippen LogP contribution in [-0.4, -0.2) is 6.04 Å². The molecule has 0 aliphatic carbocycles. The number of allylic oxidation sites excluding steroid dienone is 1. The van der Waals surface area contributed by atoms with Crippen molar-refractivity contribution in [3.8, 4) is 0 Å². The van der Waals surface area contributed by atoms with Crippen LogP contribution in [0.5, 0.6) is 0 Å². The maximum Gasteiger partial charge on any atom is 0.0270 e. The summed E-state index contributed by atoms with van der Waals surface area (Å²) in [6, 6.07) is 0.111. The number of nitrogens with two attached hydrogens (primary N) is 1. The van der Waals surface area contributed by atoms with Crippen molar-refractivity contribution < 1.29 is 0 Å². The second-order valence-electron chi connectivity index (χ2n) is 2.26. The van der Waals surface area contributed by atoms with Gasteiger partial charge >= 0.3 is 0 Å². The Kier molecular flexibility index (Phi) is 5.85. The standard InChI is InChI=1S/C9H15N/c1-3-4-5-6-7-8-9(2)10/h3,6,8-9H,1,4-5,10H2,2H3. The van der Waals surface area contributed by atoms with Gasteiger partial charge in [-0.2, -0.15) is 0 Å². The van der Waals surface area contributed by atoms with Crippen LogP contribution in [0.4, 0.5) is 0 Å². The molecule has 0 saturated heterocycles. The van der Waals surface area contributed by atoms with E-state index >= 15 is 0 Å². The molecule has 0 spiro atoms. The van der Waals surface area contributed by atoms with E-state index in [9.17, 15) is 0 Å². The van der Waals surface area contributed by atoms with Crippen LogP contribution in [0.25, 0.3) is 0 Å². The van der Waals surface area contributed by atoms with E-state index in [1.54, 1.807) is 0 Å². The average Bonchev–Trinajstić information content (AvgIpc) is 1.87. The van der Waals surface area contributed by atoms with E-state index in [1.165, 1.54) is 0 Å². The van der Waals surface area contributed by atoms with Gasteiger partial charge in [0.2, 0.25) is 0 Å². The van der Waals surface area contributed by atoms with E-state index in [4.69, 9.17) is 5.73 Å². The van der Waals surface area contributed by atoms with Crippen LogP contribution >= 0.6 is 0 Å². The number of hydrogen-bond donors (Lipinski definition) is 1. The van der Waals surface area contributed by atoms with Gasteiger partial charge in [0.25, 0.3) is 0 Å². The minimum atomic E-state index is 0.111. The van der Waals surface area contributed by atoms with Gasteiger partial charge in [0.15, 0.2) is 0 Å². The third-order valence-corrected chi connectivity index (χ3v) is 0.992. The summed E-state index contributed by atoms with van der Waals surface area (Å²) in [6.07, 6.45) is 7.74. The molecule has 10 heavy (non-hydrogen) atoms. The average molecular weight is 137 g/mol. The van der Waals surface area contributed by atoms with Gasteiger partial charge in [0.05, 0.1) is 0 Å². The Hall–Kier alpha value is -0.780. The summed E-state index contributed by atoms with van der Waals surface area (Å²) >= 11 is 0. The van der Waals surface area contributed by atoms with Crippen LogP contribution in [-0.2, 0) is 0 Å². The lowest BCUT2D eigenvalue weighted by Crippen LogP contribution is -2.09. The van der Waals surface area contributed by atoms with Gasteiger partial charge in [-0.05, 0) is 31.9 Å². The van der Waals surface area contributed by atoms with E-state index in [0.717, 1.165) is 12.8 Å². The number of hydrogen-bond acceptors (Lipinski definition) is 1. The van der Waals surface area contributed by atoms with Gasteiger partial charge in [-0.25, -0.2) is 0 Å². The van der Waals surface area contributed by atoms with Gasteiger partial charge in [-0.15, -0.1) is 12.3 Å². The molecule has 1 nitrogen and oxygen atoms in total. The molecule has 2 N–H and O–H groups in total. The Labute approximate surface area is 62.9 Å². The van der Waals surface area contributed by atoms with Crippen LogP contribution in [0.15, 0.2) is 30.5 Å². The van der Waals surface area contributed by atoms with Crippen molar-refractivity contribution in [1.29, 1.82) is 0 Å². The van der Waals surface area contributed by atoms with Gasteiger partial charge in [0, 0.05) is 6.04 Å². The molecule has 1 unspecified atom stereocenters. The molecule has 0 bridgehead atoms. The van der Waals surface area contributed by atoms with Gasteiger partial charge in [0.1, 0.15) is 0 Å². The summed E-state index contributed by atoms with van der Waals surface area (Å²) in [4.78, 5) is 0. The van der Waals surface area contributed by atoms with Crippen LogP contribution in [0.1, 0.15) is 19.8 Å². The molecule has 0 rings (SSSR count). The zero-order valence-corrected chi connectivity index (χ0v) is 6.51. The molecular weight excluding hydrogens is 122 g/mol. The SMILES string of the molecule is C=CCCC=C=CC(C)N. The Morgan fingerprint density at radius 2 is 2.30 bits per heavy atom. The topological polar surface area (TPSA) is 26.0 Å². The molecule has 0 aliphatic heterocycles. The van der Waals surface area contributed by atoms with Crippen LogP contribution in [0, 0.1) is 0 Å². The molecule has 0 aromatic heterocycles. The Bertz CT molecular complexity index is 139. The molecule has 1 heteroatoms. The van der Waals surface area contributed by atoms with Gasteiger partial charge in [-0.3, -0.25) is 0 Å². The zero-order valence-electron chi connectivity index (χ0n) is 6.51. The fraction of sp³-hybridized carbons (Fsp3) is 0.444. The highest BCUT2D eigenvalue weighted by atomic mass is 14.6. The lowest BCUT2D eigenvalue weighted by atomic mass is 10.3. The first-order valence-electron chi connectivity index (χ1n) is 3.55. The van der Waals surface area contributed by atoms with Gasteiger partial charge in [-0.1, -0.05) is 6.08 Å². The molecule has 0 heterocycles. The largest absolute Gasteiger partial charge is 0.324 e. The van der Waals surface area contributed by atoms with Crippen molar-refractivity contribution >= 4 is 0 Å². The molecule has 0 aliphatic rings. The second kappa shape index (κ2) is 6.34. The van der Waals surface area contributed by atoms with Crippen LogP contribution < -0.4 is 5.73 Å². The van der Waals surface area contributed by atoms with Gasteiger partial charge < -0.3 is 5.73 Å². The minimum absolute atomic E-state index is 0.111. The first-order chi connectivity index (χ1) is 4.77. The molecular formula is C9H15N. The number of rotatable bonds is 4. The lowest BCUT2D eigenvalue weighted by Gasteiger charge is -1.87. The van der Waals surface area contributed by atoms with E-state index in [1.807, 2.05) is 25.2 Å². The predicted octanol–water partition coefficient (Wildman–Crippen LogP) is 2.01. The van der Waals surface area contributed by atoms with E-state index in [-0.39, 0.29) is 6.04 Å². The highest BCUT2D eigenvalue weighted by molar-refractivity contribution is 4.90. The van der Waals surface area contributed by atoms with Crippen molar-refractivity contribution in [1.82, 2.24) is 0 Å². The van der Waals surface area contributed by atoms with Crippen molar-refractivity contribution in [2.45, 2.75) is 25.8 Å². The second-order valence-corrected chi connectivity index (χ2v) is 2.26. The summed E-state index contributed by atoms with van der Waals surface area (Å²) in [6.45, 7) is 5.54. The van der Waals surface area contributed by atoms with Crippen LogP contribution in [0.3, 0.4) is 0 Å². The third kappa shape index (κ3) is 7.22. The molecule has 0 fully saturated rings. The van der Waals surface area contributed by atoms with Crippen molar-refractivity contribution in [2.24, 2.45) is 5.73 Å². The zero-order chi connectivity index (χ0) is 7.82. The lowest BCUT2D eigenvalue weighted by molar-refractivity contribution is 0.926. The first kappa shape index (κ1) is 9.22. The van der Waals surface area contributed by atoms with E-state index in [2.05, 4.69) is 12.3 Å². The molecule has 0 amide bonds. The summed E-state index contributed by atoms with van der Waals surface area (Å²) in [5, 5.41) is 0. The van der Waals surface area contributed by atoms with Crippen molar-refractivity contribution in [3.05, 3.63) is 30.5 Å². The fourth-order valence-electron chi connectivity index (χ4n) is 0.504. The third-order valence-electron chi connectivity index (χ3n) is 0.992. The predicted molar refractivity (Wildman–Crippen MR) is 45.7 cm³/mol. The smallest absolute Gasteiger partial charge is 0.0270 e. The van der Waals surface area contributed by atoms with Crippen LogP contribution in [0.2, 0.25) is 0 Å². The Morgan fingerprint density at radius 3 is 2.80 bits per heavy atom. The maximum absolute atomic E-state index is 5.45. The Balaban J connectivity index is 3.44.